The van der Waals surface area contributed by atoms with Gasteiger partial charge in [0.25, 0.3) is 5.56 Å². The van der Waals surface area contributed by atoms with Crippen LogP contribution in [0.15, 0.2) is 52.1 Å². The Morgan fingerprint density at radius 3 is 2.53 bits per heavy atom. The first kappa shape index (κ1) is 21.4. The summed E-state index contributed by atoms with van der Waals surface area (Å²) < 4.78 is 1.32. The number of hydrogen-bond acceptors (Lipinski definition) is 4. The summed E-state index contributed by atoms with van der Waals surface area (Å²) in [5.41, 5.74) is 5.97. The molecule has 7 nitrogen and oxygen atoms in total. The smallest absolute Gasteiger partial charge is 0.330 e. The molecule has 0 radical (unpaired) electrons. The van der Waals surface area contributed by atoms with Gasteiger partial charge in [-0.25, -0.2) is 4.79 Å². The molecule has 3 aromatic rings. The van der Waals surface area contributed by atoms with Gasteiger partial charge >= 0.3 is 5.69 Å². The third-order valence-electron chi connectivity index (χ3n) is 5.19. The molecule has 3 N–H and O–H groups in total. The molecule has 1 heterocycles. The van der Waals surface area contributed by atoms with Crippen molar-refractivity contribution in [1.29, 1.82) is 0 Å². The van der Waals surface area contributed by atoms with Crippen molar-refractivity contribution in [3.8, 4) is 0 Å². The van der Waals surface area contributed by atoms with Crippen LogP contribution < -0.4 is 21.9 Å². The average molecular weight is 409 g/mol. The maximum Gasteiger partial charge on any atom is 0.330 e. The molecule has 0 spiro atoms. The average Bonchev–Trinajstić information content (AvgIpc) is 2.73. The Hall–Kier alpha value is -3.35. The molecule has 0 saturated heterocycles. The van der Waals surface area contributed by atoms with Crippen molar-refractivity contribution in [2.45, 2.75) is 46.1 Å². The highest BCUT2D eigenvalue weighted by Gasteiger charge is 2.24. The predicted octanol–water partition coefficient (Wildman–Crippen LogP) is 3.06. The van der Waals surface area contributed by atoms with Crippen LogP contribution in [0.5, 0.6) is 0 Å². The Morgan fingerprint density at radius 2 is 1.80 bits per heavy atom. The second-order valence-corrected chi connectivity index (χ2v) is 7.36. The number of nitrogen functional groups attached to an aromatic ring is 1. The number of carbonyl (C=O) groups is 1. The van der Waals surface area contributed by atoms with E-state index in [0.29, 0.717) is 25.9 Å². The number of nitrogens with one attached hydrogen (secondary N) is 1. The van der Waals surface area contributed by atoms with E-state index in [1.807, 2.05) is 56.3 Å². The van der Waals surface area contributed by atoms with Crippen molar-refractivity contribution in [2.24, 2.45) is 0 Å². The number of rotatable bonds is 8. The molecule has 0 unspecified atom stereocenters. The summed E-state index contributed by atoms with van der Waals surface area (Å²) in [6.45, 7) is 4.65. The quantitative estimate of drug-likeness (QED) is 0.598. The van der Waals surface area contributed by atoms with Crippen LogP contribution in [0.4, 0.5) is 11.5 Å². The molecule has 7 heteroatoms. The third kappa shape index (κ3) is 4.30. The molecular weight excluding hydrogens is 380 g/mol. The molecule has 0 atom stereocenters. The van der Waals surface area contributed by atoms with Gasteiger partial charge in [-0.3, -0.25) is 19.1 Å². The molecule has 1 amide bonds. The van der Waals surface area contributed by atoms with Crippen molar-refractivity contribution < 1.29 is 4.79 Å². The van der Waals surface area contributed by atoms with E-state index in [4.69, 9.17) is 5.73 Å². The molecule has 0 saturated carbocycles. The van der Waals surface area contributed by atoms with Crippen molar-refractivity contribution in [2.75, 3.05) is 17.2 Å². The van der Waals surface area contributed by atoms with Gasteiger partial charge in [0, 0.05) is 13.1 Å². The molecule has 1 aromatic heterocycles. The van der Waals surface area contributed by atoms with Crippen molar-refractivity contribution in [3.63, 3.8) is 0 Å². The Labute approximate surface area is 175 Å². The van der Waals surface area contributed by atoms with Crippen LogP contribution in [0.25, 0.3) is 10.8 Å². The molecule has 0 aliphatic rings. The molecule has 0 bridgehead atoms. The highest BCUT2D eigenvalue weighted by atomic mass is 16.2. The zero-order valence-corrected chi connectivity index (χ0v) is 17.5. The zero-order chi connectivity index (χ0) is 21.7. The first-order valence-corrected chi connectivity index (χ1v) is 10.4. The molecule has 30 heavy (non-hydrogen) atoms. The Morgan fingerprint density at radius 1 is 1.07 bits per heavy atom. The van der Waals surface area contributed by atoms with Crippen molar-refractivity contribution in [1.82, 2.24) is 9.55 Å². The number of aromatic nitrogens is 2. The van der Waals surface area contributed by atoms with Crippen LogP contribution in [0.2, 0.25) is 0 Å². The minimum absolute atomic E-state index is 0.0352. The van der Waals surface area contributed by atoms with Gasteiger partial charge in [-0.05, 0) is 29.2 Å². The van der Waals surface area contributed by atoms with E-state index in [1.54, 1.807) is 0 Å². The summed E-state index contributed by atoms with van der Waals surface area (Å²) in [6.07, 6.45) is 2.38. The SMILES string of the molecule is CCCCN(C(=O)Cc1cccc2ccccc12)c1c(N)n(CCC)c(=O)[nH]c1=O. The van der Waals surface area contributed by atoms with E-state index in [2.05, 4.69) is 4.98 Å². The van der Waals surface area contributed by atoms with Gasteiger partial charge in [0.1, 0.15) is 5.82 Å². The maximum atomic E-state index is 13.4. The monoisotopic (exact) mass is 408 g/mol. The fourth-order valence-corrected chi connectivity index (χ4v) is 3.67. The van der Waals surface area contributed by atoms with Crippen LogP contribution in [0.1, 0.15) is 38.7 Å². The Kier molecular flexibility index (Phi) is 6.72. The van der Waals surface area contributed by atoms with E-state index < -0.39 is 11.2 Å². The lowest BCUT2D eigenvalue weighted by Crippen LogP contribution is -2.42. The van der Waals surface area contributed by atoms with Crippen LogP contribution in [-0.4, -0.2) is 22.0 Å². The fraction of sp³-hybridized carbons (Fsp3) is 0.348. The van der Waals surface area contributed by atoms with Crippen LogP contribution in [0, 0.1) is 0 Å². The standard InChI is InChI=1S/C23H28N4O3/c1-3-5-14-26(20-21(24)27(13-4-2)23(30)25-22(20)29)19(28)15-17-11-8-10-16-9-6-7-12-18(16)17/h6-12H,3-5,13-15,24H2,1-2H3,(H,25,29,30). The van der Waals surface area contributed by atoms with Crippen LogP contribution >= 0.6 is 0 Å². The number of unbranched alkanes of at least 4 members (excludes halogenated alkanes) is 1. The van der Waals surface area contributed by atoms with Gasteiger partial charge in [-0.2, -0.15) is 0 Å². The van der Waals surface area contributed by atoms with Crippen LogP contribution in [-0.2, 0) is 17.8 Å². The summed E-state index contributed by atoms with van der Waals surface area (Å²) in [5, 5.41) is 2.05. The molecule has 158 valence electrons. The molecule has 0 fully saturated rings. The fourth-order valence-electron chi connectivity index (χ4n) is 3.67. The van der Waals surface area contributed by atoms with Gasteiger partial charge in [0.2, 0.25) is 5.91 Å². The number of benzene rings is 2. The first-order chi connectivity index (χ1) is 14.5. The number of hydrogen-bond donors (Lipinski definition) is 2. The van der Waals surface area contributed by atoms with E-state index >= 15 is 0 Å². The predicted molar refractivity (Wildman–Crippen MR) is 121 cm³/mol. The highest BCUT2D eigenvalue weighted by Crippen LogP contribution is 2.22. The number of anilines is 2. The molecule has 3 rings (SSSR count). The highest BCUT2D eigenvalue weighted by molar-refractivity contribution is 5.99. The van der Waals surface area contributed by atoms with E-state index in [9.17, 15) is 14.4 Å². The van der Waals surface area contributed by atoms with Crippen molar-refractivity contribution >= 4 is 28.2 Å². The van der Waals surface area contributed by atoms with E-state index in [1.165, 1.54) is 9.47 Å². The van der Waals surface area contributed by atoms with Gasteiger partial charge in [-0.1, -0.05) is 62.7 Å². The van der Waals surface area contributed by atoms with Gasteiger partial charge < -0.3 is 10.6 Å². The van der Waals surface area contributed by atoms with Gasteiger partial charge in [-0.15, -0.1) is 0 Å². The summed E-state index contributed by atoms with van der Waals surface area (Å²) in [6, 6.07) is 13.7. The maximum absolute atomic E-state index is 13.4. The van der Waals surface area contributed by atoms with E-state index in [-0.39, 0.29) is 23.8 Å². The van der Waals surface area contributed by atoms with Gasteiger partial charge in [0.15, 0.2) is 5.69 Å². The van der Waals surface area contributed by atoms with Gasteiger partial charge in [0.05, 0.1) is 6.42 Å². The van der Waals surface area contributed by atoms with Crippen LogP contribution in [0.3, 0.4) is 0 Å². The van der Waals surface area contributed by atoms with Crippen molar-refractivity contribution in [3.05, 3.63) is 68.9 Å². The molecule has 0 aliphatic heterocycles. The number of nitrogens with two attached hydrogens (primary N) is 1. The normalized spacial score (nSPS) is 11.0. The number of aromatic amines is 1. The third-order valence-corrected chi connectivity index (χ3v) is 5.19. The Balaban J connectivity index is 2.04. The topological polar surface area (TPSA) is 101 Å². The minimum Gasteiger partial charge on any atom is -0.383 e. The van der Waals surface area contributed by atoms with E-state index in [0.717, 1.165) is 22.8 Å². The zero-order valence-electron chi connectivity index (χ0n) is 17.5. The first-order valence-electron chi connectivity index (χ1n) is 10.4. The number of H-pyrrole nitrogens is 1. The second kappa shape index (κ2) is 9.43. The largest absolute Gasteiger partial charge is 0.383 e. The summed E-state index contributed by atoms with van der Waals surface area (Å²) >= 11 is 0. The molecule has 0 aliphatic carbocycles. The number of nitrogens with zero attached hydrogens (tertiary/aromatic N) is 2. The molecular formula is C23H28N4O3. The summed E-state index contributed by atoms with van der Waals surface area (Å²) in [7, 11) is 0. The number of amides is 1. The molecule has 2 aromatic carbocycles. The summed E-state index contributed by atoms with van der Waals surface area (Å²) in [5.74, 6) is -0.188. The lowest BCUT2D eigenvalue weighted by Gasteiger charge is -2.24. The lowest BCUT2D eigenvalue weighted by atomic mass is 10.0. The minimum atomic E-state index is -0.632. The number of fused-ring (bicyclic) bond motifs is 1. The second-order valence-electron chi connectivity index (χ2n) is 7.36. The number of carbonyl (C=O) groups excluding carboxylic acids is 1. The Bertz CT molecular complexity index is 1160. The lowest BCUT2D eigenvalue weighted by molar-refractivity contribution is -0.118. The summed E-state index contributed by atoms with van der Waals surface area (Å²) in [4.78, 5) is 41.9.